The predicted octanol–water partition coefficient (Wildman–Crippen LogP) is 3.75. The minimum Gasteiger partial charge on any atom is -0.486 e. The van der Waals surface area contributed by atoms with Crippen LogP contribution in [0, 0.1) is 0 Å². The molecular weight excluding hydrogens is 514 g/mol. The second kappa shape index (κ2) is 12.3. The Balaban J connectivity index is 1.50. The SMILES string of the molecule is NC(=O)c1cnc(C(=O)N(Cc2ccc3c(c2)OCO3)OCc2ccccc2)c(OCc2ccccc2)c1CO. The molecule has 1 aromatic heterocycles. The summed E-state index contributed by atoms with van der Waals surface area (Å²) in [5, 5.41) is 11.3. The van der Waals surface area contributed by atoms with Crippen LogP contribution in [0.5, 0.6) is 17.2 Å². The van der Waals surface area contributed by atoms with Crippen LogP contribution in [0.2, 0.25) is 0 Å². The van der Waals surface area contributed by atoms with Crippen LogP contribution in [0.1, 0.15) is 43.1 Å². The van der Waals surface area contributed by atoms with Gasteiger partial charge in [-0.25, -0.2) is 10.0 Å². The smallest absolute Gasteiger partial charge is 0.300 e. The van der Waals surface area contributed by atoms with Gasteiger partial charge < -0.3 is 25.1 Å². The van der Waals surface area contributed by atoms with Crippen molar-refractivity contribution in [2.24, 2.45) is 5.73 Å². The fourth-order valence-corrected chi connectivity index (χ4v) is 4.16. The van der Waals surface area contributed by atoms with Crippen LogP contribution in [0.25, 0.3) is 0 Å². The summed E-state index contributed by atoms with van der Waals surface area (Å²) in [5.41, 5.74) is 7.77. The lowest BCUT2D eigenvalue weighted by molar-refractivity contribution is -0.140. The summed E-state index contributed by atoms with van der Waals surface area (Å²) in [7, 11) is 0. The number of aliphatic hydroxyl groups excluding tert-OH is 1. The second-order valence-corrected chi connectivity index (χ2v) is 8.91. The first kappa shape index (κ1) is 26.7. The van der Waals surface area contributed by atoms with Crippen molar-refractivity contribution in [1.29, 1.82) is 0 Å². The van der Waals surface area contributed by atoms with Crippen LogP contribution in [0.4, 0.5) is 0 Å². The lowest BCUT2D eigenvalue weighted by Gasteiger charge is -2.24. The Morgan fingerprint density at radius 2 is 1.57 bits per heavy atom. The molecule has 2 heterocycles. The highest BCUT2D eigenvalue weighted by Crippen LogP contribution is 2.34. The number of fused-ring (bicyclic) bond motifs is 1. The topological polar surface area (TPSA) is 133 Å². The average Bonchev–Trinajstić information content (AvgIpc) is 3.46. The van der Waals surface area contributed by atoms with E-state index in [4.69, 9.17) is 24.8 Å². The summed E-state index contributed by atoms with van der Waals surface area (Å²) in [6, 6.07) is 24.0. The summed E-state index contributed by atoms with van der Waals surface area (Å²) in [5.74, 6) is -0.322. The van der Waals surface area contributed by atoms with Crippen LogP contribution in [-0.4, -0.2) is 33.8 Å². The maximum atomic E-state index is 14.0. The molecule has 2 amide bonds. The van der Waals surface area contributed by atoms with Gasteiger partial charge in [0, 0.05) is 11.8 Å². The Bertz CT molecular complexity index is 1500. The van der Waals surface area contributed by atoms with Crippen molar-refractivity contribution in [3.8, 4) is 17.2 Å². The number of ether oxygens (including phenoxy) is 3. The Morgan fingerprint density at radius 3 is 2.25 bits per heavy atom. The molecule has 4 aromatic rings. The normalized spacial score (nSPS) is 11.7. The second-order valence-electron chi connectivity index (χ2n) is 8.91. The molecule has 0 saturated heterocycles. The zero-order chi connectivity index (χ0) is 27.9. The predicted molar refractivity (Wildman–Crippen MR) is 143 cm³/mol. The van der Waals surface area contributed by atoms with Crippen molar-refractivity contribution in [3.63, 3.8) is 0 Å². The number of hydroxylamine groups is 2. The van der Waals surface area contributed by atoms with Gasteiger partial charge in [-0.2, -0.15) is 0 Å². The Kier molecular flexibility index (Phi) is 8.19. The minimum atomic E-state index is -0.808. The number of carbonyl (C=O) groups is 2. The maximum absolute atomic E-state index is 14.0. The first-order chi connectivity index (χ1) is 19.5. The van der Waals surface area contributed by atoms with Gasteiger partial charge in [-0.3, -0.25) is 14.4 Å². The first-order valence-electron chi connectivity index (χ1n) is 12.5. The number of nitrogens with two attached hydrogens (primary N) is 1. The van der Waals surface area contributed by atoms with Crippen LogP contribution in [-0.2, 0) is 31.2 Å². The monoisotopic (exact) mass is 541 g/mol. The summed E-state index contributed by atoms with van der Waals surface area (Å²) in [6.45, 7) is -0.283. The molecule has 0 aliphatic carbocycles. The van der Waals surface area contributed by atoms with Gasteiger partial charge in [0.05, 0.1) is 18.7 Å². The van der Waals surface area contributed by atoms with Crippen molar-refractivity contribution in [2.45, 2.75) is 26.4 Å². The number of benzene rings is 3. The molecule has 10 nitrogen and oxygen atoms in total. The maximum Gasteiger partial charge on any atom is 0.300 e. The van der Waals surface area contributed by atoms with Gasteiger partial charge in [-0.15, -0.1) is 0 Å². The zero-order valence-corrected chi connectivity index (χ0v) is 21.5. The van der Waals surface area contributed by atoms with Crippen LogP contribution in [0.15, 0.2) is 85.1 Å². The molecule has 204 valence electrons. The van der Waals surface area contributed by atoms with Gasteiger partial charge in [-0.1, -0.05) is 66.7 Å². The van der Waals surface area contributed by atoms with Crippen molar-refractivity contribution in [2.75, 3.05) is 6.79 Å². The number of carbonyl (C=O) groups excluding carboxylic acids is 2. The highest BCUT2D eigenvalue weighted by Gasteiger charge is 2.28. The molecule has 1 aliphatic rings. The molecular formula is C30H27N3O7. The summed E-state index contributed by atoms with van der Waals surface area (Å²) >= 11 is 0. The molecule has 3 aromatic carbocycles. The minimum absolute atomic E-state index is 0.0359. The van der Waals surface area contributed by atoms with Gasteiger partial charge in [0.1, 0.15) is 13.2 Å². The van der Waals surface area contributed by atoms with Crippen molar-refractivity contribution in [3.05, 3.63) is 119 Å². The largest absolute Gasteiger partial charge is 0.486 e. The fraction of sp³-hybridized carbons (Fsp3) is 0.167. The molecule has 3 N–H and O–H groups in total. The number of rotatable bonds is 11. The number of primary amides is 1. The number of nitrogens with zero attached hydrogens (tertiary/aromatic N) is 2. The number of pyridine rings is 1. The summed E-state index contributed by atoms with van der Waals surface area (Å²) in [6.07, 6.45) is 1.16. The van der Waals surface area contributed by atoms with E-state index in [9.17, 15) is 14.7 Å². The number of amides is 2. The Labute approximate surface area is 230 Å². The van der Waals surface area contributed by atoms with Crippen LogP contribution >= 0.6 is 0 Å². The molecule has 0 unspecified atom stereocenters. The highest BCUT2D eigenvalue weighted by molar-refractivity contribution is 5.99. The molecule has 0 radical (unpaired) electrons. The van der Waals surface area contributed by atoms with Gasteiger partial charge in [0.25, 0.3) is 11.8 Å². The lowest BCUT2D eigenvalue weighted by atomic mass is 10.1. The highest BCUT2D eigenvalue weighted by atomic mass is 16.7. The van der Waals surface area contributed by atoms with E-state index in [-0.39, 0.29) is 49.1 Å². The fourth-order valence-electron chi connectivity index (χ4n) is 4.16. The van der Waals surface area contributed by atoms with Gasteiger partial charge in [0.15, 0.2) is 22.9 Å². The number of hydrogen-bond donors (Lipinski definition) is 2. The van der Waals surface area contributed by atoms with Crippen LogP contribution < -0.4 is 19.9 Å². The standard InChI is InChI=1S/C30H27N3O7/c31-29(35)23-14-32-27(28(24(23)16-34)37-17-20-7-3-1-4-8-20)30(36)33(40-18-21-9-5-2-6-10-21)15-22-11-12-25-26(13-22)39-19-38-25/h1-14,34H,15-19H2,(H2,31,35). The molecule has 10 heteroatoms. The third kappa shape index (κ3) is 6.04. The third-order valence-electron chi connectivity index (χ3n) is 6.21. The van der Waals surface area contributed by atoms with E-state index >= 15 is 0 Å². The van der Waals surface area contributed by atoms with Crippen molar-refractivity contribution < 1.29 is 33.7 Å². The van der Waals surface area contributed by atoms with Gasteiger partial charge in [-0.05, 0) is 28.8 Å². The van der Waals surface area contributed by atoms with E-state index in [1.54, 1.807) is 18.2 Å². The van der Waals surface area contributed by atoms with E-state index in [0.717, 1.165) is 22.4 Å². The van der Waals surface area contributed by atoms with Gasteiger partial charge in [0.2, 0.25) is 6.79 Å². The number of aliphatic hydroxyl groups is 1. The van der Waals surface area contributed by atoms with Crippen molar-refractivity contribution >= 4 is 11.8 Å². The number of hydrogen-bond acceptors (Lipinski definition) is 8. The molecule has 0 bridgehead atoms. The molecule has 0 spiro atoms. The molecule has 0 saturated carbocycles. The van der Waals surface area contributed by atoms with E-state index in [0.29, 0.717) is 17.1 Å². The average molecular weight is 542 g/mol. The lowest BCUT2D eigenvalue weighted by Crippen LogP contribution is -2.32. The van der Waals surface area contributed by atoms with Crippen molar-refractivity contribution in [1.82, 2.24) is 10.0 Å². The first-order valence-corrected chi connectivity index (χ1v) is 12.5. The quantitative estimate of drug-likeness (QED) is 0.274. The molecule has 1 aliphatic heterocycles. The summed E-state index contributed by atoms with van der Waals surface area (Å²) in [4.78, 5) is 36.3. The zero-order valence-electron chi connectivity index (χ0n) is 21.5. The van der Waals surface area contributed by atoms with E-state index in [2.05, 4.69) is 4.98 Å². The molecule has 0 atom stereocenters. The van der Waals surface area contributed by atoms with E-state index in [1.807, 2.05) is 60.7 Å². The van der Waals surface area contributed by atoms with E-state index < -0.39 is 18.4 Å². The molecule has 0 fully saturated rings. The van der Waals surface area contributed by atoms with Crippen LogP contribution in [0.3, 0.4) is 0 Å². The van der Waals surface area contributed by atoms with Gasteiger partial charge >= 0.3 is 0 Å². The Morgan fingerprint density at radius 1 is 0.900 bits per heavy atom. The Hall–Kier alpha value is -4.93. The molecule has 5 rings (SSSR count). The van der Waals surface area contributed by atoms with E-state index in [1.165, 1.54) is 0 Å². The summed E-state index contributed by atoms with van der Waals surface area (Å²) < 4.78 is 16.9. The third-order valence-corrected chi connectivity index (χ3v) is 6.21. The molecule has 40 heavy (non-hydrogen) atoms. The number of aromatic nitrogens is 1.